The van der Waals surface area contributed by atoms with Crippen molar-refractivity contribution in [3.05, 3.63) is 18.0 Å². The summed E-state index contributed by atoms with van der Waals surface area (Å²) in [6.07, 6.45) is 7.16. The van der Waals surface area contributed by atoms with Crippen LogP contribution in [0.15, 0.2) is 12.4 Å². The number of nitrogens with one attached hydrogen (secondary N) is 1. The fraction of sp³-hybridized carbons (Fsp3) is 0.733. The zero-order valence-corrected chi connectivity index (χ0v) is 12.9. The first-order valence-electron chi connectivity index (χ1n) is 7.47. The van der Waals surface area contributed by atoms with Crippen LogP contribution in [0.1, 0.15) is 38.7 Å². The van der Waals surface area contributed by atoms with Gasteiger partial charge in [-0.05, 0) is 43.2 Å². The molecule has 1 unspecified atom stereocenters. The Morgan fingerprint density at radius 2 is 2.20 bits per heavy atom. The van der Waals surface area contributed by atoms with Gasteiger partial charge in [0.2, 0.25) is 5.91 Å². The monoisotopic (exact) mass is 280 g/mol. The fourth-order valence-corrected chi connectivity index (χ4v) is 2.38. The highest BCUT2D eigenvalue weighted by atomic mass is 16.1. The lowest BCUT2D eigenvalue weighted by Gasteiger charge is -2.19. The second-order valence-electron chi connectivity index (χ2n) is 5.74. The van der Waals surface area contributed by atoms with Gasteiger partial charge in [0.25, 0.3) is 0 Å². The molecule has 5 heteroatoms. The minimum Gasteiger partial charge on any atom is -0.356 e. The molecule has 0 aliphatic carbocycles. The van der Waals surface area contributed by atoms with E-state index in [0.29, 0.717) is 31.3 Å². The average Bonchev–Trinajstić information content (AvgIpc) is 2.80. The number of carbonyl (C=O) groups excluding carboxylic acids is 1. The Labute approximate surface area is 121 Å². The maximum absolute atomic E-state index is 11.8. The quantitative estimate of drug-likeness (QED) is 0.719. The lowest BCUT2D eigenvalue weighted by molar-refractivity contribution is -0.121. The fourth-order valence-electron chi connectivity index (χ4n) is 2.38. The molecule has 0 aromatic carbocycles. The van der Waals surface area contributed by atoms with Crippen LogP contribution in [0.4, 0.5) is 0 Å². The molecular formula is C15H28N4O. The van der Waals surface area contributed by atoms with E-state index in [1.807, 2.05) is 19.4 Å². The average molecular weight is 280 g/mol. The molecule has 0 aliphatic heterocycles. The van der Waals surface area contributed by atoms with Gasteiger partial charge in [0, 0.05) is 26.2 Å². The molecule has 114 valence electrons. The molecule has 1 aromatic rings. The van der Waals surface area contributed by atoms with Gasteiger partial charge in [-0.25, -0.2) is 0 Å². The number of nitrogens with two attached hydrogens (primary N) is 1. The summed E-state index contributed by atoms with van der Waals surface area (Å²) in [5.41, 5.74) is 6.76. The van der Waals surface area contributed by atoms with E-state index in [2.05, 4.69) is 24.3 Å². The molecule has 0 bridgehead atoms. The molecule has 1 heterocycles. The molecule has 3 N–H and O–H groups in total. The summed E-state index contributed by atoms with van der Waals surface area (Å²) in [5.74, 6) is 1.27. The number of rotatable bonds is 9. The summed E-state index contributed by atoms with van der Waals surface area (Å²) in [5, 5.41) is 7.08. The summed E-state index contributed by atoms with van der Waals surface area (Å²) in [6.45, 7) is 5.76. The smallest absolute Gasteiger partial charge is 0.220 e. The number of aryl methyl sites for hydroxylation is 1. The van der Waals surface area contributed by atoms with E-state index in [1.165, 1.54) is 0 Å². The Morgan fingerprint density at radius 1 is 1.45 bits per heavy atom. The van der Waals surface area contributed by atoms with Crippen molar-refractivity contribution < 1.29 is 4.79 Å². The van der Waals surface area contributed by atoms with Crippen molar-refractivity contribution in [2.45, 2.75) is 39.5 Å². The van der Waals surface area contributed by atoms with Gasteiger partial charge in [-0.1, -0.05) is 13.8 Å². The van der Waals surface area contributed by atoms with Crippen LogP contribution >= 0.6 is 0 Å². The standard InChI is InChI=1S/C15H28N4O/c1-12(2)14(6-8-16)4-5-15(20)17-9-7-13-10-18-19(3)11-13/h10-12,14H,4-9,16H2,1-3H3,(H,17,20). The van der Waals surface area contributed by atoms with Crippen LogP contribution in [0.25, 0.3) is 0 Å². The zero-order valence-electron chi connectivity index (χ0n) is 12.9. The van der Waals surface area contributed by atoms with Crippen molar-refractivity contribution in [2.75, 3.05) is 13.1 Å². The predicted octanol–water partition coefficient (Wildman–Crippen LogP) is 1.48. The molecule has 20 heavy (non-hydrogen) atoms. The highest BCUT2D eigenvalue weighted by molar-refractivity contribution is 5.75. The van der Waals surface area contributed by atoms with E-state index in [1.54, 1.807) is 4.68 Å². The van der Waals surface area contributed by atoms with Gasteiger partial charge in [-0.3, -0.25) is 9.48 Å². The van der Waals surface area contributed by atoms with Crippen molar-refractivity contribution in [1.82, 2.24) is 15.1 Å². The lowest BCUT2D eigenvalue weighted by atomic mass is 9.88. The second-order valence-corrected chi connectivity index (χ2v) is 5.74. The zero-order chi connectivity index (χ0) is 15.0. The third-order valence-electron chi connectivity index (χ3n) is 3.72. The molecule has 1 atom stereocenters. The van der Waals surface area contributed by atoms with Crippen LogP contribution in [0.5, 0.6) is 0 Å². The van der Waals surface area contributed by atoms with Crippen molar-refractivity contribution in [1.29, 1.82) is 0 Å². The molecule has 0 spiro atoms. The number of nitrogens with zero attached hydrogens (tertiary/aromatic N) is 2. The summed E-state index contributed by atoms with van der Waals surface area (Å²) >= 11 is 0. The van der Waals surface area contributed by atoms with Gasteiger partial charge in [0.1, 0.15) is 0 Å². The first-order valence-corrected chi connectivity index (χ1v) is 7.47. The number of hydrogen-bond donors (Lipinski definition) is 2. The molecule has 1 rings (SSSR count). The molecule has 1 amide bonds. The van der Waals surface area contributed by atoms with E-state index in [9.17, 15) is 4.79 Å². The van der Waals surface area contributed by atoms with Gasteiger partial charge in [0.15, 0.2) is 0 Å². The van der Waals surface area contributed by atoms with Crippen LogP contribution in [-0.4, -0.2) is 28.8 Å². The number of carbonyl (C=O) groups is 1. The minimum atomic E-state index is 0.136. The maximum atomic E-state index is 11.8. The highest BCUT2D eigenvalue weighted by Crippen LogP contribution is 2.20. The molecule has 0 saturated carbocycles. The molecule has 5 nitrogen and oxygen atoms in total. The highest BCUT2D eigenvalue weighted by Gasteiger charge is 2.14. The lowest BCUT2D eigenvalue weighted by Crippen LogP contribution is -2.26. The third-order valence-corrected chi connectivity index (χ3v) is 3.72. The normalized spacial score (nSPS) is 12.7. The molecule has 0 radical (unpaired) electrons. The van der Waals surface area contributed by atoms with Crippen LogP contribution in [0.2, 0.25) is 0 Å². The first-order chi connectivity index (χ1) is 9.52. The maximum Gasteiger partial charge on any atom is 0.220 e. The van der Waals surface area contributed by atoms with Crippen LogP contribution in [-0.2, 0) is 18.3 Å². The Bertz CT molecular complexity index is 400. The van der Waals surface area contributed by atoms with E-state index >= 15 is 0 Å². The van der Waals surface area contributed by atoms with Crippen LogP contribution in [0.3, 0.4) is 0 Å². The third kappa shape index (κ3) is 6.19. The summed E-state index contributed by atoms with van der Waals surface area (Å²) in [4.78, 5) is 11.8. The number of hydrogen-bond acceptors (Lipinski definition) is 3. The first kappa shape index (κ1) is 16.7. The summed E-state index contributed by atoms with van der Waals surface area (Å²) in [7, 11) is 1.89. The van der Waals surface area contributed by atoms with Crippen molar-refractivity contribution in [3.63, 3.8) is 0 Å². The van der Waals surface area contributed by atoms with E-state index in [-0.39, 0.29) is 5.91 Å². The second kappa shape index (κ2) is 8.74. The SMILES string of the molecule is CC(C)C(CCN)CCC(=O)NCCc1cnn(C)c1. The minimum absolute atomic E-state index is 0.136. The van der Waals surface area contributed by atoms with Gasteiger partial charge < -0.3 is 11.1 Å². The molecule has 1 aromatic heterocycles. The largest absolute Gasteiger partial charge is 0.356 e. The number of amides is 1. The molecular weight excluding hydrogens is 252 g/mol. The van der Waals surface area contributed by atoms with Crippen LogP contribution in [0, 0.1) is 11.8 Å². The van der Waals surface area contributed by atoms with Crippen molar-refractivity contribution in [2.24, 2.45) is 24.6 Å². The van der Waals surface area contributed by atoms with Gasteiger partial charge in [0.05, 0.1) is 6.20 Å². The van der Waals surface area contributed by atoms with Gasteiger partial charge >= 0.3 is 0 Å². The van der Waals surface area contributed by atoms with E-state index < -0.39 is 0 Å². The Kier molecular flexibility index (Phi) is 7.30. The molecule has 0 saturated heterocycles. The van der Waals surface area contributed by atoms with Crippen molar-refractivity contribution in [3.8, 4) is 0 Å². The summed E-state index contributed by atoms with van der Waals surface area (Å²) in [6, 6.07) is 0. The predicted molar refractivity (Wildman–Crippen MR) is 81.2 cm³/mol. The molecule has 0 aliphatic rings. The Balaban J connectivity index is 2.19. The molecule has 0 fully saturated rings. The van der Waals surface area contributed by atoms with Gasteiger partial charge in [-0.2, -0.15) is 5.10 Å². The van der Waals surface area contributed by atoms with E-state index in [4.69, 9.17) is 5.73 Å². The van der Waals surface area contributed by atoms with Gasteiger partial charge in [-0.15, -0.1) is 0 Å². The number of aromatic nitrogens is 2. The Morgan fingerprint density at radius 3 is 2.75 bits per heavy atom. The van der Waals surface area contributed by atoms with Crippen LogP contribution < -0.4 is 11.1 Å². The topological polar surface area (TPSA) is 72.9 Å². The van der Waals surface area contributed by atoms with E-state index in [0.717, 1.165) is 24.8 Å². The van der Waals surface area contributed by atoms with Crippen molar-refractivity contribution >= 4 is 5.91 Å². The Hall–Kier alpha value is -1.36. The summed E-state index contributed by atoms with van der Waals surface area (Å²) < 4.78 is 1.78.